The van der Waals surface area contributed by atoms with Crippen LogP contribution < -0.4 is 41.5 Å². The highest BCUT2D eigenvalue weighted by Crippen LogP contribution is 2.35. The van der Waals surface area contributed by atoms with Gasteiger partial charge in [-0.2, -0.15) is 0 Å². The molecule has 0 fully saturated rings. The first-order chi connectivity index (χ1) is 46.1. The van der Waals surface area contributed by atoms with Gasteiger partial charge in [0.2, 0.25) is 0 Å². The van der Waals surface area contributed by atoms with E-state index in [-0.39, 0.29) is 0 Å². The molecular weight excluding hydrogens is 1160 g/mol. The lowest BCUT2D eigenvalue weighted by Crippen LogP contribution is -2.78. The van der Waals surface area contributed by atoms with Gasteiger partial charge in [-0.25, -0.2) is 9.97 Å². The highest BCUT2D eigenvalue weighted by Gasteiger charge is 2.47. The number of hydrogen-bond acceptors (Lipinski definition) is 2. The molecule has 438 valence electrons. The van der Waals surface area contributed by atoms with Crippen molar-refractivity contribution < 1.29 is 0 Å². The van der Waals surface area contributed by atoms with E-state index in [4.69, 9.17) is 9.97 Å². The van der Waals surface area contributed by atoms with Crippen LogP contribution in [0.2, 0.25) is 0 Å². The van der Waals surface area contributed by atoms with E-state index >= 15 is 0 Å². The topological polar surface area (TPSA) is 30.7 Å². The van der Waals surface area contributed by atoms with E-state index in [1.54, 1.807) is 0 Å². The van der Waals surface area contributed by atoms with Crippen LogP contribution in [-0.4, -0.2) is 30.7 Å². The van der Waals surface area contributed by atoms with Crippen molar-refractivity contribution in [1.29, 1.82) is 0 Å². The molecule has 0 spiro atoms. The maximum atomic E-state index is 5.98. The molecule has 2 aromatic heterocycles. The summed E-state index contributed by atoms with van der Waals surface area (Å²) in [6.07, 6.45) is 0. The van der Waals surface area contributed by atoms with E-state index < -0.39 is 16.1 Å². The maximum Gasteiger partial charge on any atom is 0.179 e. The Morgan fingerprint density at radius 3 is 0.882 bits per heavy atom. The standard InChI is InChI=1S/C88H63N3Si2/c1-8-30-64(31-9-1)68-38-26-42-72(56-68)84-63-87(91-85-54-24-22-52-82(85)83-53-23-25-55-86(83)91)90-88(89-84)73-60-80(92(74-43-16-5-17-44-74,75-45-18-6-19-46-75)77-49-27-39-69(57-77)65-32-10-2-11-33-65)62-81(61-73)93(76-47-20-7-21-48-76,78-50-28-40-70(58-78)66-34-12-3-13-35-66)79-51-29-41-71(59-79)67-36-14-4-15-37-67/h1-63H. The molecule has 2 heterocycles. The third-order valence-electron chi connectivity index (χ3n) is 18.7. The number of para-hydroxylation sites is 2. The molecule has 0 aliphatic heterocycles. The monoisotopic (exact) mass is 1220 g/mol. The van der Waals surface area contributed by atoms with Gasteiger partial charge in [-0.05, 0) is 104 Å². The zero-order chi connectivity index (χ0) is 62.0. The Labute approximate surface area is 545 Å². The molecule has 0 amide bonds. The third kappa shape index (κ3) is 10.4. The van der Waals surface area contributed by atoms with Crippen LogP contribution in [0, 0.1) is 0 Å². The summed E-state index contributed by atoms with van der Waals surface area (Å²) in [4.78, 5) is 11.9. The molecule has 0 unspecified atom stereocenters. The minimum absolute atomic E-state index is 0.631. The van der Waals surface area contributed by atoms with Crippen LogP contribution in [0.25, 0.3) is 94.8 Å². The average molecular weight is 1220 g/mol. The first kappa shape index (κ1) is 56.6. The number of aromatic nitrogens is 3. The van der Waals surface area contributed by atoms with Crippen LogP contribution in [0.5, 0.6) is 0 Å². The van der Waals surface area contributed by atoms with Gasteiger partial charge in [-0.1, -0.05) is 358 Å². The molecule has 0 N–H and O–H groups in total. The molecular formula is C88H63N3Si2. The summed E-state index contributed by atoms with van der Waals surface area (Å²) in [5.41, 5.74) is 14.2. The molecule has 0 saturated heterocycles. The highest BCUT2D eigenvalue weighted by atomic mass is 28.3. The van der Waals surface area contributed by atoms with Crippen molar-refractivity contribution in [2.45, 2.75) is 0 Å². The van der Waals surface area contributed by atoms with E-state index in [0.717, 1.165) is 55.9 Å². The fourth-order valence-electron chi connectivity index (χ4n) is 14.4. The fourth-order valence-corrected chi connectivity index (χ4v) is 24.3. The second-order valence-electron chi connectivity index (χ2n) is 24.0. The van der Waals surface area contributed by atoms with Crippen LogP contribution in [0.3, 0.4) is 0 Å². The Bertz CT molecular complexity index is 5140. The van der Waals surface area contributed by atoms with Gasteiger partial charge in [0, 0.05) is 28.0 Å². The number of nitrogens with zero attached hydrogens (tertiary/aromatic N) is 3. The van der Waals surface area contributed by atoms with Crippen molar-refractivity contribution in [2.75, 3.05) is 0 Å². The molecule has 0 saturated carbocycles. The maximum absolute atomic E-state index is 5.98. The van der Waals surface area contributed by atoms with Crippen molar-refractivity contribution in [3.05, 3.63) is 382 Å². The van der Waals surface area contributed by atoms with Gasteiger partial charge in [0.05, 0.1) is 16.7 Å². The zero-order valence-electron chi connectivity index (χ0n) is 51.2. The van der Waals surface area contributed by atoms with Gasteiger partial charge in [0.1, 0.15) is 5.82 Å². The summed E-state index contributed by atoms with van der Waals surface area (Å²) in [6, 6.07) is 142. The minimum atomic E-state index is -3.57. The summed E-state index contributed by atoms with van der Waals surface area (Å²) in [5, 5.41) is 12.4. The zero-order valence-corrected chi connectivity index (χ0v) is 53.2. The predicted molar refractivity (Wildman–Crippen MR) is 396 cm³/mol. The number of hydrogen-bond donors (Lipinski definition) is 0. The molecule has 0 bridgehead atoms. The minimum Gasteiger partial charge on any atom is -0.294 e. The van der Waals surface area contributed by atoms with Gasteiger partial charge in [-0.3, -0.25) is 4.57 Å². The van der Waals surface area contributed by atoms with Gasteiger partial charge in [0.15, 0.2) is 22.0 Å². The molecule has 16 rings (SSSR count). The molecule has 14 aromatic carbocycles. The lowest BCUT2D eigenvalue weighted by atomic mass is 10.0. The molecule has 0 atom stereocenters. The quantitative estimate of drug-likeness (QED) is 0.0756. The van der Waals surface area contributed by atoms with Gasteiger partial charge < -0.3 is 0 Å². The van der Waals surface area contributed by atoms with Crippen LogP contribution >= 0.6 is 0 Å². The van der Waals surface area contributed by atoms with Crippen LogP contribution in [-0.2, 0) is 0 Å². The summed E-state index contributed by atoms with van der Waals surface area (Å²) in [6.45, 7) is 0. The van der Waals surface area contributed by atoms with E-state index in [2.05, 4.69) is 387 Å². The molecule has 3 nitrogen and oxygen atoms in total. The number of benzene rings is 14. The summed E-state index contributed by atoms with van der Waals surface area (Å²) in [7, 11) is -7.04. The second kappa shape index (κ2) is 24.6. The van der Waals surface area contributed by atoms with Crippen LogP contribution in [0.4, 0.5) is 0 Å². The summed E-state index contributed by atoms with van der Waals surface area (Å²) < 4.78 is 2.35. The Kier molecular flexibility index (Phi) is 15.0. The Balaban J connectivity index is 1.09. The Hall–Kier alpha value is -11.6. The molecule has 16 aromatic rings. The lowest BCUT2D eigenvalue weighted by Gasteiger charge is -2.39. The van der Waals surface area contributed by atoms with Crippen molar-refractivity contribution in [3.8, 4) is 73.0 Å². The van der Waals surface area contributed by atoms with Crippen LogP contribution in [0.1, 0.15) is 0 Å². The van der Waals surface area contributed by atoms with E-state index in [1.807, 2.05) is 0 Å². The van der Waals surface area contributed by atoms with Gasteiger partial charge in [0.25, 0.3) is 0 Å². The average Bonchev–Trinajstić information content (AvgIpc) is 1.27. The first-order valence-electron chi connectivity index (χ1n) is 31.9. The largest absolute Gasteiger partial charge is 0.294 e. The second-order valence-corrected chi connectivity index (χ2v) is 31.6. The number of rotatable bonds is 15. The number of fused-ring (bicyclic) bond motifs is 3. The third-order valence-corrected chi connectivity index (χ3v) is 28.1. The normalized spacial score (nSPS) is 11.7. The Morgan fingerprint density at radius 2 is 0.484 bits per heavy atom. The Morgan fingerprint density at radius 1 is 0.194 bits per heavy atom. The van der Waals surface area contributed by atoms with E-state index in [0.29, 0.717) is 5.82 Å². The molecule has 0 radical (unpaired) electrons. The van der Waals surface area contributed by atoms with Crippen molar-refractivity contribution >= 4 is 79.4 Å². The predicted octanol–water partition coefficient (Wildman–Crippen LogP) is 16.3. The van der Waals surface area contributed by atoms with Crippen LogP contribution in [0.15, 0.2) is 382 Å². The van der Waals surface area contributed by atoms with Crippen molar-refractivity contribution in [1.82, 2.24) is 14.5 Å². The molecule has 0 aliphatic rings. The highest BCUT2D eigenvalue weighted by molar-refractivity contribution is 7.22. The van der Waals surface area contributed by atoms with E-state index in [9.17, 15) is 0 Å². The van der Waals surface area contributed by atoms with E-state index in [1.165, 1.54) is 74.5 Å². The fraction of sp³-hybridized carbons (Fsp3) is 0. The summed E-state index contributed by atoms with van der Waals surface area (Å²) >= 11 is 0. The molecule has 5 heteroatoms. The van der Waals surface area contributed by atoms with Gasteiger partial charge in [-0.15, -0.1) is 0 Å². The molecule has 93 heavy (non-hydrogen) atoms. The summed E-state index contributed by atoms with van der Waals surface area (Å²) in [5.74, 6) is 1.42. The first-order valence-corrected chi connectivity index (χ1v) is 35.9. The smallest absolute Gasteiger partial charge is 0.179 e. The lowest BCUT2D eigenvalue weighted by molar-refractivity contribution is 1.05. The SMILES string of the molecule is c1ccc(-c2cccc(-c3cc(-n4c5ccccc5c5ccccc54)nc(-c4cc([Si](c5ccccc5)(c5ccccc5)c5cccc(-c6ccccc6)c5)cc([Si](c5ccccc5)(c5cccc(-c6ccccc6)c5)c5cccc(-c6ccccc6)c5)c4)n3)c2)cc1. The van der Waals surface area contributed by atoms with Crippen molar-refractivity contribution in [3.63, 3.8) is 0 Å². The van der Waals surface area contributed by atoms with Crippen molar-refractivity contribution in [2.24, 2.45) is 0 Å². The molecule has 0 aliphatic carbocycles. The van der Waals surface area contributed by atoms with Gasteiger partial charge >= 0.3 is 0 Å².